The Labute approximate surface area is 107 Å². The van der Waals surface area contributed by atoms with Crippen molar-refractivity contribution in [2.24, 2.45) is 0 Å². The standard InChI is InChI=1S/C12H21N5O/c1-14-12(18)10-4-2-6-16(10)7-3-8-17-9-5-11(13)15-17/h5,9-10H,2-4,6-8H2,1H3,(H2,13,15)(H,14,18). The number of likely N-dealkylation sites (N-methyl/N-ethyl adjacent to an activating group) is 1. The number of likely N-dealkylation sites (tertiary alicyclic amines) is 1. The predicted molar refractivity (Wildman–Crippen MR) is 69.9 cm³/mol. The molecule has 0 radical (unpaired) electrons. The van der Waals surface area contributed by atoms with Crippen LogP contribution in [0.25, 0.3) is 0 Å². The van der Waals surface area contributed by atoms with Gasteiger partial charge in [0.1, 0.15) is 5.82 Å². The zero-order valence-corrected chi connectivity index (χ0v) is 10.8. The van der Waals surface area contributed by atoms with Crippen LogP contribution >= 0.6 is 0 Å². The smallest absolute Gasteiger partial charge is 0.237 e. The van der Waals surface area contributed by atoms with E-state index in [4.69, 9.17) is 5.73 Å². The number of hydrogen-bond donors (Lipinski definition) is 2. The third-order valence-electron chi connectivity index (χ3n) is 3.41. The van der Waals surface area contributed by atoms with E-state index in [0.29, 0.717) is 5.82 Å². The average Bonchev–Trinajstić information content (AvgIpc) is 2.98. The Bertz CT molecular complexity index is 403. The van der Waals surface area contributed by atoms with Crippen molar-refractivity contribution in [3.05, 3.63) is 12.3 Å². The molecule has 1 aromatic rings. The van der Waals surface area contributed by atoms with Crippen LogP contribution in [0.15, 0.2) is 12.3 Å². The van der Waals surface area contributed by atoms with Gasteiger partial charge in [-0.15, -0.1) is 0 Å². The average molecular weight is 251 g/mol. The van der Waals surface area contributed by atoms with Gasteiger partial charge in [0.05, 0.1) is 6.04 Å². The van der Waals surface area contributed by atoms with E-state index in [1.54, 1.807) is 13.1 Å². The van der Waals surface area contributed by atoms with Crippen LogP contribution in [0, 0.1) is 0 Å². The van der Waals surface area contributed by atoms with Gasteiger partial charge in [-0.05, 0) is 31.9 Å². The fourth-order valence-electron chi connectivity index (χ4n) is 2.50. The summed E-state index contributed by atoms with van der Waals surface area (Å²) in [5, 5.41) is 6.88. The minimum atomic E-state index is 0.0534. The second kappa shape index (κ2) is 5.86. The van der Waals surface area contributed by atoms with Crippen molar-refractivity contribution < 1.29 is 4.79 Å². The van der Waals surface area contributed by atoms with Crippen molar-refractivity contribution in [2.75, 3.05) is 25.9 Å². The SMILES string of the molecule is CNC(=O)C1CCCN1CCCn1ccc(N)n1. The molecule has 0 spiro atoms. The second-order valence-electron chi connectivity index (χ2n) is 4.67. The molecule has 1 fully saturated rings. The topological polar surface area (TPSA) is 76.2 Å². The van der Waals surface area contributed by atoms with E-state index < -0.39 is 0 Å². The molecule has 6 nitrogen and oxygen atoms in total. The fraction of sp³-hybridized carbons (Fsp3) is 0.667. The minimum absolute atomic E-state index is 0.0534. The lowest BCUT2D eigenvalue weighted by molar-refractivity contribution is -0.125. The number of rotatable bonds is 5. The van der Waals surface area contributed by atoms with Gasteiger partial charge in [-0.2, -0.15) is 5.10 Å². The van der Waals surface area contributed by atoms with Crippen molar-refractivity contribution in [3.63, 3.8) is 0 Å². The van der Waals surface area contributed by atoms with E-state index in [-0.39, 0.29) is 11.9 Å². The summed E-state index contributed by atoms with van der Waals surface area (Å²) in [6, 6.07) is 1.85. The van der Waals surface area contributed by atoms with Crippen molar-refractivity contribution >= 4 is 11.7 Å². The van der Waals surface area contributed by atoms with Crippen LogP contribution in [0.5, 0.6) is 0 Å². The highest BCUT2D eigenvalue weighted by Crippen LogP contribution is 2.17. The minimum Gasteiger partial charge on any atom is -0.382 e. The molecule has 0 aromatic carbocycles. The van der Waals surface area contributed by atoms with Crippen LogP contribution in [-0.2, 0) is 11.3 Å². The predicted octanol–water partition coefficient (Wildman–Crippen LogP) is 0.0658. The number of aryl methyl sites for hydroxylation is 1. The summed E-state index contributed by atoms with van der Waals surface area (Å²) in [6.07, 6.45) is 4.94. The van der Waals surface area contributed by atoms with E-state index in [9.17, 15) is 4.79 Å². The summed E-state index contributed by atoms with van der Waals surface area (Å²) in [6.45, 7) is 2.78. The number of amides is 1. The maximum atomic E-state index is 11.7. The first-order valence-corrected chi connectivity index (χ1v) is 6.45. The molecule has 100 valence electrons. The van der Waals surface area contributed by atoms with Crippen molar-refractivity contribution in [1.29, 1.82) is 0 Å². The van der Waals surface area contributed by atoms with Gasteiger partial charge in [-0.3, -0.25) is 14.4 Å². The van der Waals surface area contributed by atoms with Gasteiger partial charge in [-0.25, -0.2) is 0 Å². The van der Waals surface area contributed by atoms with Gasteiger partial charge in [0.2, 0.25) is 5.91 Å². The Balaban J connectivity index is 1.77. The Kier molecular flexibility index (Phi) is 4.19. The third-order valence-corrected chi connectivity index (χ3v) is 3.41. The highest BCUT2D eigenvalue weighted by Gasteiger charge is 2.29. The van der Waals surface area contributed by atoms with Crippen molar-refractivity contribution in [2.45, 2.75) is 31.8 Å². The molecule has 3 N–H and O–H groups in total. The van der Waals surface area contributed by atoms with Crippen LogP contribution in [0.3, 0.4) is 0 Å². The Morgan fingerprint density at radius 3 is 3.11 bits per heavy atom. The summed E-state index contributed by atoms with van der Waals surface area (Å²) in [4.78, 5) is 13.9. The monoisotopic (exact) mass is 251 g/mol. The molecule has 1 aromatic heterocycles. The number of nitrogens with one attached hydrogen (secondary N) is 1. The Morgan fingerprint density at radius 2 is 2.44 bits per heavy atom. The molecule has 1 unspecified atom stereocenters. The highest BCUT2D eigenvalue weighted by atomic mass is 16.2. The zero-order chi connectivity index (χ0) is 13.0. The van der Waals surface area contributed by atoms with Gasteiger partial charge < -0.3 is 11.1 Å². The molecule has 1 atom stereocenters. The van der Waals surface area contributed by atoms with Crippen LogP contribution in [0.4, 0.5) is 5.82 Å². The molecule has 1 aliphatic heterocycles. The lowest BCUT2D eigenvalue weighted by atomic mass is 10.2. The van der Waals surface area contributed by atoms with Gasteiger partial charge in [0.25, 0.3) is 0 Å². The Hall–Kier alpha value is -1.56. The van der Waals surface area contributed by atoms with E-state index in [2.05, 4.69) is 15.3 Å². The number of nitrogens with zero attached hydrogens (tertiary/aromatic N) is 3. The lowest BCUT2D eigenvalue weighted by Crippen LogP contribution is -2.42. The molecule has 2 heterocycles. The zero-order valence-electron chi connectivity index (χ0n) is 10.8. The number of carbonyl (C=O) groups excluding carboxylic acids is 1. The van der Waals surface area contributed by atoms with E-state index in [0.717, 1.165) is 38.9 Å². The van der Waals surface area contributed by atoms with Crippen molar-refractivity contribution in [1.82, 2.24) is 20.0 Å². The van der Waals surface area contributed by atoms with Gasteiger partial charge in [-0.1, -0.05) is 0 Å². The quantitative estimate of drug-likeness (QED) is 0.776. The molecule has 1 saturated heterocycles. The van der Waals surface area contributed by atoms with Crippen LogP contribution in [0.2, 0.25) is 0 Å². The summed E-state index contributed by atoms with van der Waals surface area (Å²) in [5.74, 6) is 0.690. The molecule has 6 heteroatoms. The second-order valence-corrected chi connectivity index (χ2v) is 4.67. The summed E-state index contributed by atoms with van der Waals surface area (Å²) < 4.78 is 1.85. The molecule has 2 rings (SSSR count). The summed E-state index contributed by atoms with van der Waals surface area (Å²) in [5.41, 5.74) is 5.56. The lowest BCUT2D eigenvalue weighted by Gasteiger charge is -2.22. The first-order valence-electron chi connectivity index (χ1n) is 6.45. The molecule has 0 bridgehead atoms. The number of hydrogen-bond acceptors (Lipinski definition) is 4. The molecule has 1 aliphatic rings. The van der Waals surface area contributed by atoms with Gasteiger partial charge in [0, 0.05) is 26.3 Å². The normalized spacial score (nSPS) is 20.2. The molecule has 18 heavy (non-hydrogen) atoms. The van der Waals surface area contributed by atoms with E-state index in [1.807, 2.05) is 10.9 Å². The highest BCUT2D eigenvalue weighted by molar-refractivity contribution is 5.81. The fourth-order valence-corrected chi connectivity index (χ4v) is 2.50. The largest absolute Gasteiger partial charge is 0.382 e. The number of anilines is 1. The van der Waals surface area contributed by atoms with Crippen molar-refractivity contribution in [3.8, 4) is 0 Å². The molecule has 1 amide bonds. The van der Waals surface area contributed by atoms with Crippen LogP contribution in [-0.4, -0.2) is 46.8 Å². The third kappa shape index (κ3) is 3.01. The van der Waals surface area contributed by atoms with Crippen LogP contribution < -0.4 is 11.1 Å². The Morgan fingerprint density at radius 1 is 1.61 bits per heavy atom. The van der Waals surface area contributed by atoms with Gasteiger partial charge in [0.15, 0.2) is 0 Å². The number of carbonyl (C=O) groups is 1. The first-order chi connectivity index (χ1) is 8.70. The van der Waals surface area contributed by atoms with Crippen LogP contribution in [0.1, 0.15) is 19.3 Å². The number of nitrogens with two attached hydrogens (primary N) is 1. The number of aromatic nitrogens is 2. The first kappa shape index (κ1) is 12.9. The molecular formula is C12H21N5O. The van der Waals surface area contributed by atoms with Gasteiger partial charge >= 0.3 is 0 Å². The molecular weight excluding hydrogens is 230 g/mol. The van der Waals surface area contributed by atoms with E-state index >= 15 is 0 Å². The molecule has 0 saturated carbocycles. The maximum absolute atomic E-state index is 11.7. The maximum Gasteiger partial charge on any atom is 0.237 e. The summed E-state index contributed by atoms with van der Waals surface area (Å²) >= 11 is 0. The number of nitrogen functional groups attached to an aromatic ring is 1. The summed E-state index contributed by atoms with van der Waals surface area (Å²) in [7, 11) is 1.70. The van der Waals surface area contributed by atoms with E-state index in [1.165, 1.54) is 0 Å². The molecule has 0 aliphatic carbocycles.